The van der Waals surface area contributed by atoms with Gasteiger partial charge in [-0.2, -0.15) is 0 Å². The Morgan fingerprint density at radius 2 is 2.11 bits per heavy atom. The third-order valence-corrected chi connectivity index (χ3v) is 4.33. The zero-order chi connectivity index (χ0) is 12.6. The van der Waals surface area contributed by atoms with Crippen LogP contribution in [0.5, 0.6) is 0 Å². The van der Waals surface area contributed by atoms with Crippen LogP contribution in [0.4, 0.5) is 0 Å². The van der Waals surface area contributed by atoms with Gasteiger partial charge in [-0.3, -0.25) is 0 Å². The van der Waals surface area contributed by atoms with Crippen molar-refractivity contribution in [3.8, 4) is 0 Å². The molecule has 3 rings (SSSR count). The van der Waals surface area contributed by atoms with E-state index in [9.17, 15) is 0 Å². The largest absolute Gasteiger partial charge is 0.329 e. The zero-order valence-corrected chi connectivity index (χ0v) is 10.9. The smallest absolute Gasteiger partial charge is 0.177 e. The highest BCUT2D eigenvalue weighted by Gasteiger charge is 2.36. The van der Waals surface area contributed by atoms with Gasteiger partial charge in [0.2, 0.25) is 0 Å². The van der Waals surface area contributed by atoms with E-state index in [-0.39, 0.29) is 5.41 Å². The van der Waals surface area contributed by atoms with Crippen LogP contribution in [0.25, 0.3) is 11.2 Å². The quantitative estimate of drug-likeness (QED) is 0.880. The van der Waals surface area contributed by atoms with E-state index in [0.29, 0.717) is 6.54 Å². The summed E-state index contributed by atoms with van der Waals surface area (Å²) in [5.41, 5.74) is 8.09. The Bertz CT molecular complexity index is 552. The van der Waals surface area contributed by atoms with Crippen molar-refractivity contribution >= 4 is 11.2 Å². The number of aryl methyl sites for hydroxylation is 1. The molecule has 1 aliphatic carbocycles. The van der Waals surface area contributed by atoms with Crippen LogP contribution in [-0.2, 0) is 12.5 Å². The second-order valence-corrected chi connectivity index (χ2v) is 5.39. The fourth-order valence-corrected chi connectivity index (χ4v) is 3.25. The number of hydrogen-bond donors (Lipinski definition) is 1. The summed E-state index contributed by atoms with van der Waals surface area (Å²) in [7, 11) is 2.08. The van der Waals surface area contributed by atoms with Gasteiger partial charge in [0.05, 0.1) is 5.52 Å². The Balaban J connectivity index is 2.14. The molecule has 0 radical (unpaired) electrons. The Labute approximate surface area is 107 Å². The first-order valence-corrected chi connectivity index (χ1v) is 6.75. The molecule has 0 atom stereocenters. The van der Waals surface area contributed by atoms with E-state index in [4.69, 9.17) is 10.7 Å². The molecule has 1 saturated carbocycles. The second kappa shape index (κ2) is 4.35. The van der Waals surface area contributed by atoms with Crippen LogP contribution in [-0.4, -0.2) is 21.1 Å². The minimum Gasteiger partial charge on any atom is -0.329 e. The summed E-state index contributed by atoms with van der Waals surface area (Å²) < 4.78 is 2.18. The van der Waals surface area contributed by atoms with Crippen molar-refractivity contribution in [1.82, 2.24) is 14.5 Å². The molecule has 0 bridgehead atoms. The molecule has 2 heterocycles. The summed E-state index contributed by atoms with van der Waals surface area (Å²) in [5.74, 6) is 1.12. The molecule has 1 fully saturated rings. The molecule has 96 valence electrons. The van der Waals surface area contributed by atoms with Gasteiger partial charge in [-0.1, -0.05) is 19.3 Å². The molecule has 0 amide bonds. The Morgan fingerprint density at radius 3 is 2.78 bits per heavy atom. The topological polar surface area (TPSA) is 56.7 Å². The zero-order valence-electron chi connectivity index (χ0n) is 10.9. The number of nitrogens with two attached hydrogens (primary N) is 1. The van der Waals surface area contributed by atoms with E-state index >= 15 is 0 Å². The molecule has 1 aliphatic rings. The van der Waals surface area contributed by atoms with E-state index in [1.165, 1.54) is 19.3 Å². The van der Waals surface area contributed by atoms with Crippen molar-refractivity contribution < 1.29 is 0 Å². The highest BCUT2D eigenvalue weighted by molar-refractivity contribution is 5.71. The van der Waals surface area contributed by atoms with Crippen LogP contribution in [0.3, 0.4) is 0 Å². The number of hydrogen-bond acceptors (Lipinski definition) is 3. The molecule has 0 spiro atoms. The van der Waals surface area contributed by atoms with Gasteiger partial charge in [-0.25, -0.2) is 9.97 Å². The summed E-state index contributed by atoms with van der Waals surface area (Å²) in [6, 6.07) is 4.04. The van der Waals surface area contributed by atoms with Gasteiger partial charge in [0.25, 0.3) is 0 Å². The lowest BCUT2D eigenvalue weighted by Gasteiger charge is -2.35. The Hall–Kier alpha value is -1.42. The predicted molar refractivity (Wildman–Crippen MR) is 72.3 cm³/mol. The number of nitrogens with zero attached hydrogens (tertiary/aromatic N) is 3. The molecule has 2 N–H and O–H groups in total. The van der Waals surface area contributed by atoms with Gasteiger partial charge in [-0.05, 0) is 25.0 Å². The van der Waals surface area contributed by atoms with E-state index in [2.05, 4.69) is 22.7 Å². The SMILES string of the molecule is Cn1c(C2(CN)CCCCC2)nc2ncccc21. The minimum atomic E-state index is 0.0632. The van der Waals surface area contributed by atoms with Crippen molar-refractivity contribution in [3.63, 3.8) is 0 Å². The van der Waals surface area contributed by atoms with Crippen molar-refractivity contribution in [1.29, 1.82) is 0 Å². The monoisotopic (exact) mass is 244 g/mol. The molecular formula is C14H20N4. The number of rotatable bonds is 2. The van der Waals surface area contributed by atoms with Crippen molar-refractivity contribution in [3.05, 3.63) is 24.2 Å². The van der Waals surface area contributed by atoms with Crippen molar-refractivity contribution in [2.24, 2.45) is 12.8 Å². The van der Waals surface area contributed by atoms with Crippen molar-refractivity contribution in [2.45, 2.75) is 37.5 Å². The molecule has 0 unspecified atom stereocenters. The molecule has 4 heteroatoms. The van der Waals surface area contributed by atoms with Gasteiger partial charge in [0.1, 0.15) is 5.82 Å². The molecule has 2 aromatic heterocycles. The van der Waals surface area contributed by atoms with E-state index in [1.807, 2.05) is 6.07 Å². The van der Waals surface area contributed by atoms with Gasteiger partial charge in [-0.15, -0.1) is 0 Å². The first kappa shape index (κ1) is 11.7. The van der Waals surface area contributed by atoms with Gasteiger partial charge < -0.3 is 10.3 Å². The normalized spacial score (nSPS) is 19.2. The second-order valence-electron chi connectivity index (χ2n) is 5.39. The third-order valence-electron chi connectivity index (χ3n) is 4.33. The number of pyridine rings is 1. The number of imidazole rings is 1. The standard InChI is InChI=1S/C14H20N4/c1-18-11-6-5-9-16-12(11)17-13(18)14(10-15)7-3-2-4-8-14/h5-6,9H,2-4,7-8,10,15H2,1H3. The minimum absolute atomic E-state index is 0.0632. The molecule has 4 nitrogen and oxygen atoms in total. The Morgan fingerprint density at radius 1 is 1.33 bits per heavy atom. The predicted octanol–water partition coefficient (Wildman–Crippen LogP) is 2.13. The first-order valence-electron chi connectivity index (χ1n) is 6.75. The molecule has 0 aliphatic heterocycles. The van der Waals surface area contributed by atoms with Crippen LogP contribution in [0.1, 0.15) is 37.9 Å². The number of fused-ring (bicyclic) bond motifs is 1. The highest BCUT2D eigenvalue weighted by atomic mass is 15.1. The van der Waals surface area contributed by atoms with E-state index < -0.39 is 0 Å². The molecule has 0 saturated heterocycles. The average Bonchev–Trinajstić information content (AvgIpc) is 2.78. The maximum atomic E-state index is 6.09. The average molecular weight is 244 g/mol. The summed E-state index contributed by atoms with van der Waals surface area (Å²) in [4.78, 5) is 9.10. The Kier molecular flexibility index (Phi) is 2.82. The summed E-state index contributed by atoms with van der Waals surface area (Å²) in [6.45, 7) is 0.685. The van der Waals surface area contributed by atoms with Crippen LogP contribution in [0, 0.1) is 0 Å². The van der Waals surface area contributed by atoms with Crippen molar-refractivity contribution in [2.75, 3.05) is 6.54 Å². The summed E-state index contributed by atoms with van der Waals surface area (Å²) in [6.07, 6.45) is 7.95. The first-order chi connectivity index (χ1) is 8.77. The fourth-order valence-electron chi connectivity index (χ4n) is 3.25. The van der Waals surface area contributed by atoms with E-state index in [1.54, 1.807) is 6.20 Å². The van der Waals surface area contributed by atoms with Crippen LogP contribution >= 0.6 is 0 Å². The lowest BCUT2D eigenvalue weighted by Crippen LogP contribution is -2.39. The van der Waals surface area contributed by atoms with Crippen LogP contribution in [0.2, 0.25) is 0 Å². The molecular weight excluding hydrogens is 224 g/mol. The maximum Gasteiger partial charge on any atom is 0.177 e. The van der Waals surface area contributed by atoms with Gasteiger partial charge in [0.15, 0.2) is 5.65 Å². The van der Waals surface area contributed by atoms with Gasteiger partial charge >= 0.3 is 0 Å². The lowest BCUT2D eigenvalue weighted by molar-refractivity contribution is 0.281. The molecule has 2 aromatic rings. The van der Waals surface area contributed by atoms with Gasteiger partial charge in [0, 0.05) is 25.2 Å². The maximum absolute atomic E-state index is 6.09. The summed E-state index contributed by atoms with van der Waals surface area (Å²) >= 11 is 0. The van der Waals surface area contributed by atoms with Crippen LogP contribution < -0.4 is 5.73 Å². The lowest BCUT2D eigenvalue weighted by atomic mass is 9.73. The third kappa shape index (κ3) is 1.63. The number of aromatic nitrogens is 3. The highest BCUT2D eigenvalue weighted by Crippen LogP contribution is 2.38. The molecule has 18 heavy (non-hydrogen) atoms. The van der Waals surface area contributed by atoms with E-state index in [0.717, 1.165) is 29.8 Å². The molecule has 0 aromatic carbocycles. The summed E-state index contributed by atoms with van der Waals surface area (Å²) in [5, 5.41) is 0. The van der Waals surface area contributed by atoms with Crippen LogP contribution in [0.15, 0.2) is 18.3 Å². The fraction of sp³-hybridized carbons (Fsp3) is 0.571.